The normalized spacial score (nSPS) is 23.7. The zero-order valence-corrected chi connectivity index (χ0v) is 12.4. The van der Waals surface area contributed by atoms with Crippen molar-refractivity contribution in [2.24, 2.45) is 0 Å². The van der Waals surface area contributed by atoms with E-state index in [-0.39, 0.29) is 11.4 Å². The first-order chi connectivity index (χ1) is 9.22. The molecule has 1 heterocycles. The number of hydrogen-bond acceptors (Lipinski definition) is 4. The number of hydrogen-bond donors (Lipinski definition) is 1. The molecule has 0 amide bonds. The maximum Gasteiger partial charge on any atom is 0.221 e. The van der Waals surface area contributed by atoms with Gasteiger partial charge in [0.2, 0.25) is 5.88 Å². The summed E-state index contributed by atoms with van der Waals surface area (Å²) in [5.74, 6) is 1.50. The molecule has 4 nitrogen and oxygen atoms in total. The van der Waals surface area contributed by atoms with Crippen LogP contribution in [0, 0.1) is 6.92 Å². The van der Waals surface area contributed by atoms with Gasteiger partial charge in [0.05, 0.1) is 17.5 Å². The predicted octanol–water partition coefficient (Wildman–Crippen LogP) is 3.54. The van der Waals surface area contributed by atoms with Crippen molar-refractivity contribution in [2.75, 3.05) is 11.9 Å². The smallest absolute Gasteiger partial charge is 0.221 e. The lowest BCUT2D eigenvalue weighted by Crippen LogP contribution is -2.29. The highest BCUT2D eigenvalue weighted by atomic mass is 35.5. The molecule has 0 saturated heterocycles. The second-order valence-corrected chi connectivity index (χ2v) is 5.55. The van der Waals surface area contributed by atoms with Crippen LogP contribution in [0.4, 0.5) is 5.82 Å². The number of ether oxygens (including phenoxy) is 1. The van der Waals surface area contributed by atoms with Crippen molar-refractivity contribution in [3.8, 4) is 5.88 Å². The number of halogens is 1. The van der Waals surface area contributed by atoms with E-state index in [4.69, 9.17) is 16.3 Å². The van der Waals surface area contributed by atoms with Gasteiger partial charge >= 0.3 is 0 Å². The third-order valence-corrected chi connectivity index (χ3v) is 4.10. The van der Waals surface area contributed by atoms with Crippen LogP contribution in [-0.2, 0) is 0 Å². The Bertz CT molecular complexity index is 414. The molecule has 2 unspecified atom stereocenters. The first-order valence-corrected chi connectivity index (χ1v) is 7.51. The van der Waals surface area contributed by atoms with Gasteiger partial charge in [-0.25, -0.2) is 9.97 Å². The quantitative estimate of drug-likeness (QED) is 0.678. The standard InChI is InChI=1S/C14H22ClN3O/c1-3-19-14-10(2)13(16-9-17-14)18-12-8-6-4-5-7-11(12)15/h9,11-12H,3-8H2,1-2H3,(H,16,17,18). The molecule has 1 saturated carbocycles. The average Bonchev–Trinajstić information content (AvgIpc) is 2.60. The maximum absolute atomic E-state index is 6.45. The van der Waals surface area contributed by atoms with E-state index in [9.17, 15) is 0 Å². The molecule has 19 heavy (non-hydrogen) atoms. The lowest BCUT2D eigenvalue weighted by Gasteiger charge is -2.23. The van der Waals surface area contributed by atoms with Crippen molar-refractivity contribution in [2.45, 2.75) is 57.4 Å². The van der Waals surface area contributed by atoms with E-state index < -0.39 is 0 Å². The summed E-state index contributed by atoms with van der Waals surface area (Å²) in [6.07, 6.45) is 7.43. The molecule has 0 aromatic carbocycles. The van der Waals surface area contributed by atoms with E-state index in [1.54, 1.807) is 6.33 Å². The van der Waals surface area contributed by atoms with Crippen LogP contribution in [0.3, 0.4) is 0 Å². The third-order valence-electron chi connectivity index (χ3n) is 3.57. The molecule has 1 fully saturated rings. The highest BCUT2D eigenvalue weighted by Gasteiger charge is 2.23. The van der Waals surface area contributed by atoms with Gasteiger partial charge in [-0.2, -0.15) is 0 Å². The predicted molar refractivity (Wildman–Crippen MR) is 78.1 cm³/mol. The Labute approximate surface area is 119 Å². The monoisotopic (exact) mass is 283 g/mol. The second kappa shape index (κ2) is 6.94. The molecule has 0 radical (unpaired) electrons. The zero-order valence-electron chi connectivity index (χ0n) is 11.7. The molecule has 0 spiro atoms. The summed E-state index contributed by atoms with van der Waals surface area (Å²) in [6, 6.07) is 0.284. The molecule has 1 aromatic heterocycles. The van der Waals surface area contributed by atoms with Crippen molar-refractivity contribution >= 4 is 17.4 Å². The van der Waals surface area contributed by atoms with Gasteiger partial charge in [-0.1, -0.05) is 19.3 Å². The van der Waals surface area contributed by atoms with E-state index in [1.165, 1.54) is 19.3 Å². The topological polar surface area (TPSA) is 47.0 Å². The molecule has 1 aliphatic rings. The molecule has 2 rings (SSSR count). The van der Waals surface area contributed by atoms with E-state index in [0.717, 1.165) is 24.2 Å². The Hall–Kier alpha value is -1.03. The zero-order chi connectivity index (χ0) is 13.7. The highest BCUT2D eigenvalue weighted by Crippen LogP contribution is 2.27. The number of rotatable bonds is 4. The van der Waals surface area contributed by atoms with E-state index in [1.807, 2.05) is 13.8 Å². The Kier molecular flexibility index (Phi) is 5.25. The molecule has 1 aliphatic carbocycles. The van der Waals surface area contributed by atoms with Crippen molar-refractivity contribution in [1.29, 1.82) is 0 Å². The third kappa shape index (κ3) is 3.72. The van der Waals surface area contributed by atoms with Crippen molar-refractivity contribution < 1.29 is 4.74 Å². The van der Waals surface area contributed by atoms with Gasteiger partial charge in [-0.15, -0.1) is 11.6 Å². The molecule has 5 heteroatoms. The fourth-order valence-corrected chi connectivity index (χ4v) is 2.81. The second-order valence-electron chi connectivity index (χ2n) is 4.99. The minimum Gasteiger partial charge on any atom is -0.478 e. The summed E-state index contributed by atoms with van der Waals surface area (Å²) in [4.78, 5) is 8.47. The van der Waals surface area contributed by atoms with Crippen LogP contribution in [0.5, 0.6) is 5.88 Å². The van der Waals surface area contributed by atoms with Gasteiger partial charge in [0.25, 0.3) is 0 Å². The van der Waals surface area contributed by atoms with Gasteiger partial charge in [0.15, 0.2) is 0 Å². The highest BCUT2D eigenvalue weighted by molar-refractivity contribution is 6.21. The lowest BCUT2D eigenvalue weighted by atomic mass is 10.1. The Morgan fingerprint density at radius 2 is 2.11 bits per heavy atom. The molecule has 0 aliphatic heterocycles. The summed E-state index contributed by atoms with van der Waals surface area (Å²) >= 11 is 6.45. The SMILES string of the molecule is CCOc1ncnc(NC2CCCCCC2Cl)c1C. The fraction of sp³-hybridized carbons (Fsp3) is 0.714. The van der Waals surface area contributed by atoms with Gasteiger partial charge in [-0.05, 0) is 26.7 Å². The number of nitrogens with one attached hydrogen (secondary N) is 1. The molecule has 106 valence electrons. The fourth-order valence-electron chi connectivity index (χ4n) is 2.46. The van der Waals surface area contributed by atoms with Gasteiger partial charge in [-0.3, -0.25) is 0 Å². The first-order valence-electron chi connectivity index (χ1n) is 7.07. The summed E-state index contributed by atoms with van der Waals surface area (Å²) in [6.45, 7) is 4.54. The molecule has 1 aromatic rings. The molecule has 2 atom stereocenters. The summed E-state index contributed by atoms with van der Waals surface area (Å²) in [7, 11) is 0. The van der Waals surface area contributed by atoms with E-state index in [2.05, 4.69) is 15.3 Å². The van der Waals surface area contributed by atoms with E-state index in [0.29, 0.717) is 12.5 Å². The minimum absolute atomic E-state index is 0.174. The number of anilines is 1. The average molecular weight is 284 g/mol. The minimum atomic E-state index is 0.174. The summed E-state index contributed by atoms with van der Waals surface area (Å²) < 4.78 is 5.49. The number of aromatic nitrogens is 2. The number of alkyl halides is 1. The summed E-state index contributed by atoms with van der Waals surface area (Å²) in [5.41, 5.74) is 0.956. The van der Waals surface area contributed by atoms with Crippen molar-refractivity contribution in [1.82, 2.24) is 9.97 Å². The Balaban J connectivity index is 2.11. The van der Waals surface area contributed by atoms with Crippen LogP contribution in [-0.4, -0.2) is 28.0 Å². The van der Waals surface area contributed by atoms with Crippen molar-refractivity contribution in [3.63, 3.8) is 0 Å². The van der Waals surface area contributed by atoms with Crippen LogP contribution in [0.25, 0.3) is 0 Å². The van der Waals surface area contributed by atoms with Crippen LogP contribution in [0.15, 0.2) is 6.33 Å². The number of nitrogens with zero attached hydrogens (tertiary/aromatic N) is 2. The van der Waals surface area contributed by atoms with Crippen LogP contribution >= 0.6 is 11.6 Å². The molecule has 0 bridgehead atoms. The van der Waals surface area contributed by atoms with Crippen LogP contribution in [0.2, 0.25) is 0 Å². The molecule has 1 N–H and O–H groups in total. The lowest BCUT2D eigenvalue weighted by molar-refractivity contribution is 0.323. The first kappa shape index (κ1) is 14.4. The molecular weight excluding hydrogens is 262 g/mol. The van der Waals surface area contributed by atoms with Gasteiger partial charge in [0.1, 0.15) is 12.1 Å². The van der Waals surface area contributed by atoms with Crippen molar-refractivity contribution in [3.05, 3.63) is 11.9 Å². The van der Waals surface area contributed by atoms with Gasteiger partial charge in [0, 0.05) is 6.04 Å². The summed E-state index contributed by atoms with van der Waals surface area (Å²) in [5, 5.41) is 3.65. The largest absolute Gasteiger partial charge is 0.478 e. The van der Waals surface area contributed by atoms with Gasteiger partial charge < -0.3 is 10.1 Å². The Morgan fingerprint density at radius 3 is 2.89 bits per heavy atom. The molecular formula is C14H22ClN3O. The van der Waals surface area contributed by atoms with Crippen LogP contribution in [0.1, 0.15) is 44.6 Å². The van der Waals surface area contributed by atoms with E-state index >= 15 is 0 Å². The van der Waals surface area contributed by atoms with Crippen LogP contribution < -0.4 is 10.1 Å². The maximum atomic E-state index is 6.45. The Morgan fingerprint density at radius 1 is 1.32 bits per heavy atom.